The van der Waals surface area contributed by atoms with Gasteiger partial charge in [0, 0.05) is 17.5 Å². The van der Waals surface area contributed by atoms with Crippen molar-refractivity contribution in [2.24, 2.45) is 5.41 Å². The van der Waals surface area contributed by atoms with Crippen LogP contribution < -0.4 is 4.74 Å². The molecule has 2 rings (SSSR count). The number of benzene rings is 1. The molecule has 0 bridgehead atoms. The Bertz CT molecular complexity index is 460. The van der Waals surface area contributed by atoms with Gasteiger partial charge in [-0.25, -0.2) is 0 Å². The van der Waals surface area contributed by atoms with Crippen LogP contribution in [0.3, 0.4) is 0 Å². The van der Waals surface area contributed by atoms with Gasteiger partial charge in [0.05, 0.1) is 6.54 Å². The van der Waals surface area contributed by atoms with Crippen LogP contribution in [0.25, 0.3) is 0 Å². The second-order valence-corrected chi connectivity index (χ2v) is 5.94. The van der Waals surface area contributed by atoms with Gasteiger partial charge in [0.2, 0.25) is 5.91 Å². The summed E-state index contributed by atoms with van der Waals surface area (Å²) in [5.41, 5.74) is 1.96. The molecule has 3 nitrogen and oxygen atoms in total. The molecule has 18 heavy (non-hydrogen) atoms. The molecule has 1 aliphatic heterocycles. The first-order valence-corrected chi connectivity index (χ1v) is 6.39. The van der Waals surface area contributed by atoms with E-state index in [2.05, 4.69) is 13.0 Å². The van der Waals surface area contributed by atoms with E-state index in [0.717, 1.165) is 11.3 Å². The quantitative estimate of drug-likeness (QED) is 0.705. The van der Waals surface area contributed by atoms with E-state index in [9.17, 15) is 4.79 Å². The normalized spacial score (nSPS) is 15.7. The zero-order valence-corrected chi connectivity index (χ0v) is 11.6. The summed E-state index contributed by atoms with van der Waals surface area (Å²) in [6, 6.07) is 6.14. The zero-order chi connectivity index (χ0) is 13.3. The molecule has 0 unspecified atom stereocenters. The van der Waals surface area contributed by atoms with Gasteiger partial charge in [-0.1, -0.05) is 38.5 Å². The summed E-state index contributed by atoms with van der Waals surface area (Å²) >= 11 is 0. The molecule has 0 atom stereocenters. The van der Waals surface area contributed by atoms with Crippen LogP contribution in [0.4, 0.5) is 0 Å². The minimum atomic E-state index is -0.339. The number of amides is 1. The van der Waals surface area contributed by atoms with Crippen molar-refractivity contribution >= 4 is 5.91 Å². The summed E-state index contributed by atoms with van der Waals surface area (Å²) in [6.07, 6.45) is 0. The maximum Gasteiger partial charge on any atom is 0.228 e. The third-order valence-electron chi connectivity index (χ3n) is 3.12. The first-order chi connectivity index (χ1) is 8.38. The van der Waals surface area contributed by atoms with E-state index in [4.69, 9.17) is 4.74 Å². The SMILES string of the molecule is Cc1ccc2c(c1)CN(C(=O)C(C)(C)C)CCO2. The first-order valence-electron chi connectivity index (χ1n) is 6.39. The van der Waals surface area contributed by atoms with Crippen LogP contribution in [-0.4, -0.2) is 24.0 Å². The minimum Gasteiger partial charge on any atom is -0.491 e. The van der Waals surface area contributed by atoms with E-state index in [-0.39, 0.29) is 11.3 Å². The van der Waals surface area contributed by atoms with Crippen molar-refractivity contribution in [3.05, 3.63) is 29.3 Å². The fourth-order valence-electron chi connectivity index (χ4n) is 2.17. The number of ether oxygens (including phenoxy) is 1. The second kappa shape index (κ2) is 4.63. The minimum absolute atomic E-state index is 0.181. The molecule has 0 spiro atoms. The Morgan fingerprint density at radius 3 is 2.72 bits per heavy atom. The molecule has 3 heteroatoms. The van der Waals surface area contributed by atoms with E-state index in [1.807, 2.05) is 37.8 Å². The lowest BCUT2D eigenvalue weighted by Crippen LogP contribution is -2.40. The van der Waals surface area contributed by atoms with Crippen LogP contribution in [0.1, 0.15) is 31.9 Å². The summed E-state index contributed by atoms with van der Waals surface area (Å²) in [6.45, 7) is 9.80. The monoisotopic (exact) mass is 247 g/mol. The smallest absolute Gasteiger partial charge is 0.228 e. The first kappa shape index (κ1) is 12.9. The average molecular weight is 247 g/mol. The maximum atomic E-state index is 12.3. The van der Waals surface area contributed by atoms with Crippen LogP contribution in [-0.2, 0) is 11.3 Å². The largest absolute Gasteiger partial charge is 0.491 e. The summed E-state index contributed by atoms with van der Waals surface area (Å²) in [4.78, 5) is 14.2. The van der Waals surface area contributed by atoms with Gasteiger partial charge in [0.25, 0.3) is 0 Å². The topological polar surface area (TPSA) is 29.5 Å². The number of hydrogen-bond acceptors (Lipinski definition) is 2. The lowest BCUT2D eigenvalue weighted by Gasteiger charge is -2.27. The highest BCUT2D eigenvalue weighted by Gasteiger charge is 2.29. The van der Waals surface area contributed by atoms with E-state index in [0.29, 0.717) is 19.7 Å². The molecule has 1 heterocycles. The summed E-state index contributed by atoms with van der Waals surface area (Å²) < 4.78 is 5.70. The summed E-state index contributed by atoms with van der Waals surface area (Å²) in [5.74, 6) is 1.09. The third-order valence-corrected chi connectivity index (χ3v) is 3.12. The lowest BCUT2D eigenvalue weighted by atomic mass is 9.94. The standard InChI is InChI=1S/C15H21NO2/c1-11-5-6-13-12(9-11)10-16(7-8-18-13)14(17)15(2,3)4/h5-6,9H,7-8,10H2,1-4H3. The molecule has 0 fully saturated rings. The van der Waals surface area contributed by atoms with E-state index in [1.165, 1.54) is 5.56 Å². The summed E-state index contributed by atoms with van der Waals surface area (Å²) in [7, 11) is 0. The van der Waals surface area contributed by atoms with Crippen molar-refractivity contribution in [3.63, 3.8) is 0 Å². The van der Waals surface area contributed by atoms with Gasteiger partial charge in [0.15, 0.2) is 0 Å². The fraction of sp³-hybridized carbons (Fsp3) is 0.533. The number of rotatable bonds is 0. The Kier molecular flexibility index (Phi) is 3.33. The predicted molar refractivity (Wildman–Crippen MR) is 71.5 cm³/mol. The molecule has 1 aromatic rings. The maximum absolute atomic E-state index is 12.3. The van der Waals surface area contributed by atoms with Gasteiger partial charge >= 0.3 is 0 Å². The Morgan fingerprint density at radius 1 is 1.33 bits per heavy atom. The number of carbonyl (C=O) groups is 1. The van der Waals surface area contributed by atoms with Crippen LogP contribution in [0.15, 0.2) is 18.2 Å². The fourth-order valence-corrected chi connectivity index (χ4v) is 2.17. The Morgan fingerprint density at radius 2 is 2.06 bits per heavy atom. The molecule has 0 saturated carbocycles. The van der Waals surface area contributed by atoms with Crippen molar-refractivity contribution < 1.29 is 9.53 Å². The zero-order valence-electron chi connectivity index (χ0n) is 11.6. The molecule has 1 aromatic carbocycles. The van der Waals surface area contributed by atoms with E-state index >= 15 is 0 Å². The van der Waals surface area contributed by atoms with Crippen molar-refractivity contribution in [2.45, 2.75) is 34.2 Å². The number of nitrogens with zero attached hydrogens (tertiary/aromatic N) is 1. The molecule has 0 radical (unpaired) electrons. The third kappa shape index (κ3) is 2.66. The molecule has 0 saturated heterocycles. The molecular formula is C15H21NO2. The van der Waals surface area contributed by atoms with Gasteiger partial charge in [-0.05, 0) is 13.0 Å². The van der Waals surface area contributed by atoms with Gasteiger partial charge in [-0.15, -0.1) is 0 Å². The van der Waals surface area contributed by atoms with Crippen LogP contribution in [0.2, 0.25) is 0 Å². The van der Waals surface area contributed by atoms with Crippen LogP contribution >= 0.6 is 0 Å². The molecule has 0 aromatic heterocycles. The van der Waals surface area contributed by atoms with E-state index < -0.39 is 0 Å². The second-order valence-electron chi connectivity index (χ2n) is 5.94. The Balaban J connectivity index is 2.26. The highest BCUT2D eigenvalue weighted by Crippen LogP contribution is 2.26. The Labute approximate surface area is 109 Å². The van der Waals surface area contributed by atoms with Gasteiger partial charge < -0.3 is 9.64 Å². The molecule has 1 amide bonds. The van der Waals surface area contributed by atoms with Crippen molar-refractivity contribution in [1.29, 1.82) is 0 Å². The molecule has 98 valence electrons. The molecule has 0 N–H and O–H groups in total. The number of aryl methyl sites for hydroxylation is 1. The number of hydrogen-bond donors (Lipinski definition) is 0. The van der Waals surface area contributed by atoms with Crippen molar-refractivity contribution in [2.75, 3.05) is 13.2 Å². The Hall–Kier alpha value is -1.51. The van der Waals surface area contributed by atoms with Gasteiger partial charge in [-0.3, -0.25) is 4.79 Å². The highest BCUT2D eigenvalue weighted by atomic mass is 16.5. The van der Waals surface area contributed by atoms with Gasteiger partial charge in [-0.2, -0.15) is 0 Å². The molecule has 1 aliphatic rings. The van der Waals surface area contributed by atoms with Gasteiger partial charge in [0.1, 0.15) is 12.4 Å². The lowest BCUT2D eigenvalue weighted by molar-refractivity contribution is -0.140. The highest BCUT2D eigenvalue weighted by molar-refractivity contribution is 5.81. The molecular weight excluding hydrogens is 226 g/mol. The van der Waals surface area contributed by atoms with E-state index in [1.54, 1.807) is 0 Å². The number of carbonyl (C=O) groups excluding carboxylic acids is 1. The predicted octanol–water partition coefficient (Wildman–Crippen LogP) is 2.76. The van der Waals surface area contributed by atoms with Crippen LogP contribution in [0.5, 0.6) is 5.75 Å². The molecule has 0 aliphatic carbocycles. The average Bonchev–Trinajstić information content (AvgIpc) is 2.48. The van der Waals surface area contributed by atoms with Crippen molar-refractivity contribution in [3.8, 4) is 5.75 Å². The summed E-state index contributed by atoms with van der Waals surface area (Å²) in [5, 5.41) is 0. The van der Waals surface area contributed by atoms with Crippen molar-refractivity contribution in [1.82, 2.24) is 4.90 Å². The number of fused-ring (bicyclic) bond motifs is 1. The van der Waals surface area contributed by atoms with Crippen LogP contribution in [0, 0.1) is 12.3 Å².